The van der Waals surface area contributed by atoms with Gasteiger partial charge in [-0.05, 0) is 27.7 Å². The molecule has 116 valence electrons. The van der Waals surface area contributed by atoms with Crippen LogP contribution in [0.4, 0.5) is 0 Å². The summed E-state index contributed by atoms with van der Waals surface area (Å²) in [6, 6.07) is 0. The van der Waals surface area contributed by atoms with Crippen LogP contribution in [0.2, 0.25) is 0 Å². The van der Waals surface area contributed by atoms with Crippen LogP contribution in [0.1, 0.15) is 86.0 Å². The fraction of sp³-hybridized carbons (Fsp3) is 0.938. The van der Waals surface area contributed by atoms with E-state index in [1.54, 1.807) is 0 Å². The van der Waals surface area contributed by atoms with Gasteiger partial charge in [-0.25, -0.2) is 9.78 Å². The molecular weight excluding hydrogens is 272 g/mol. The first-order valence-corrected chi connectivity index (χ1v) is 7.65. The summed E-state index contributed by atoms with van der Waals surface area (Å²) in [7, 11) is 0. The first-order valence-electron chi connectivity index (χ1n) is 7.65. The summed E-state index contributed by atoms with van der Waals surface area (Å²) in [4.78, 5) is 9.61. The van der Waals surface area contributed by atoms with E-state index in [-0.39, 0.29) is 33.9 Å². The van der Waals surface area contributed by atoms with Gasteiger partial charge in [-0.15, -0.1) is 0 Å². The Balaban J connectivity index is -0.000000262. The number of hydrogen-bond donors (Lipinski definition) is 0. The summed E-state index contributed by atoms with van der Waals surface area (Å²) < 4.78 is 0. The maximum Gasteiger partial charge on any atom is 0.0874 e. The Morgan fingerprint density at radius 1 is 0.737 bits per heavy atom. The van der Waals surface area contributed by atoms with Gasteiger partial charge in [0.25, 0.3) is 0 Å². The van der Waals surface area contributed by atoms with Gasteiger partial charge in [0, 0.05) is 21.7 Å². The fourth-order valence-corrected chi connectivity index (χ4v) is 1.36. The Morgan fingerprint density at radius 2 is 1.11 bits per heavy atom. The largest absolute Gasteiger partial charge is 0.343 e. The van der Waals surface area contributed by atoms with Crippen molar-refractivity contribution >= 4 is 0 Å². The molecular formula is C16H35O2Ti-. The van der Waals surface area contributed by atoms with Crippen LogP contribution in [-0.4, -0.2) is 12.2 Å². The summed E-state index contributed by atoms with van der Waals surface area (Å²) in [5.74, 6) is 0. The zero-order chi connectivity index (χ0) is 14.2. The van der Waals surface area contributed by atoms with E-state index in [1.165, 1.54) is 44.9 Å². The second kappa shape index (κ2) is 20.9. The monoisotopic (exact) mass is 307 g/mol. The van der Waals surface area contributed by atoms with E-state index in [9.17, 15) is 0 Å². The molecule has 0 aliphatic rings. The smallest absolute Gasteiger partial charge is 0.0874 e. The molecule has 0 radical (unpaired) electrons. The van der Waals surface area contributed by atoms with Crippen molar-refractivity contribution in [3.63, 3.8) is 0 Å². The van der Waals surface area contributed by atoms with Crippen LogP contribution in [0.3, 0.4) is 0 Å². The van der Waals surface area contributed by atoms with Gasteiger partial charge in [-0.2, -0.15) is 6.42 Å². The van der Waals surface area contributed by atoms with Crippen LogP contribution >= 0.6 is 0 Å². The average molecular weight is 307 g/mol. The molecule has 0 bridgehead atoms. The fourth-order valence-electron chi connectivity index (χ4n) is 1.36. The van der Waals surface area contributed by atoms with Crippen molar-refractivity contribution in [1.29, 1.82) is 0 Å². The predicted molar refractivity (Wildman–Crippen MR) is 80.4 cm³/mol. The molecule has 0 aromatic heterocycles. The summed E-state index contributed by atoms with van der Waals surface area (Å²) in [5, 5.41) is 0. The molecule has 3 heteroatoms. The van der Waals surface area contributed by atoms with Crippen molar-refractivity contribution < 1.29 is 31.5 Å². The quantitative estimate of drug-likeness (QED) is 0.169. The molecule has 0 saturated carbocycles. The second-order valence-electron chi connectivity index (χ2n) is 5.26. The first kappa shape index (κ1) is 24.6. The van der Waals surface area contributed by atoms with Gasteiger partial charge in [0.2, 0.25) is 0 Å². The van der Waals surface area contributed by atoms with Crippen LogP contribution < -0.4 is 0 Å². The van der Waals surface area contributed by atoms with Crippen LogP contribution in [0.15, 0.2) is 0 Å². The Bertz CT molecular complexity index is 123. The topological polar surface area (TPSA) is 18.5 Å². The molecule has 19 heavy (non-hydrogen) atoms. The number of hydrogen-bond acceptors (Lipinski definition) is 2. The van der Waals surface area contributed by atoms with E-state index < -0.39 is 0 Å². The van der Waals surface area contributed by atoms with Crippen molar-refractivity contribution in [2.24, 2.45) is 0 Å². The van der Waals surface area contributed by atoms with Crippen LogP contribution in [-0.2, 0) is 31.5 Å². The van der Waals surface area contributed by atoms with Crippen molar-refractivity contribution in [2.75, 3.05) is 0 Å². The van der Waals surface area contributed by atoms with Gasteiger partial charge in [0.1, 0.15) is 0 Å². The summed E-state index contributed by atoms with van der Waals surface area (Å²) in [5.41, 5.74) is 0. The van der Waals surface area contributed by atoms with Crippen molar-refractivity contribution in [3.8, 4) is 0 Å². The molecule has 0 aromatic carbocycles. The maximum atomic E-state index is 4.80. The molecule has 2 nitrogen and oxygen atoms in total. The molecule has 0 rings (SSSR count). The Kier molecular flexibility index (Phi) is 27.2. The third-order valence-corrected chi connectivity index (χ3v) is 2.29. The molecule has 0 fully saturated rings. The van der Waals surface area contributed by atoms with E-state index in [0.717, 1.165) is 6.42 Å². The van der Waals surface area contributed by atoms with Crippen LogP contribution in [0, 0.1) is 6.92 Å². The van der Waals surface area contributed by atoms with Gasteiger partial charge in [0.15, 0.2) is 0 Å². The Morgan fingerprint density at radius 3 is 1.42 bits per heavy atom. The minimum absolute atomic E-state index is 0. The standard InChI is InChI=1S/C10H21.C6H14O2.Ti/c1-3-5-7-9-10-8-6-4-2;1-5(2)7-8-6(3)4;/h1,3-10H2,2H3;5-6H,1-4H3;/q-1;;. The summed E-state index contributed by atoms with van der Waals surface area (Å²) >= 11 is 0. The zero-order valence-electron chi connectivity index (χ0n) is 13.8. The molecule has 0 amide bonds. The molecule has 0 saturated heterocycles. The molecule has 0 heterocycles. The predicted octanol–water partition coefficient (Wildman–Crippen LogP) is 5.71. The molecule has 0 spiro atoms. The molecule has 0 aliphatic heterocycles. The third kappa shape index (κ3) is 32.3. The Hall–Kier alpha value is 0.634. The van der Waals surface area contributed by atoms with Crippen molar-refractivity contribution in [2.45, 2.75) is 98.2 Å². The van der Waals surface area contributed by atoms with E-state index in [0.29, 0.717) is 0 Å². The number of rotatable bonds is 10. The van der Waals surface area contributed by atoms with E-state index in [1.807, 2.05) is 27.7 Å². The normalized spacial score (nSPS) is 10.1. The molecule has 0 N–H and O–H groups in total. The second-order valence-corrected chi connectivity index (χ2v) is 5.26. The maximum absolute atomic E-state index is 4.80. The van der Waals surface area contributed by atoms with Crippen LogP contribution in [0.5, 0.6) is 0 Å². The van der Waals surface area contributed by atoms with Gasteiger partial charge in [-0.1, -0.05) is 51.9 Å². The first-order chi connectivity index (χ1) is 8.54. The van der Waals surface area contributed by atoms with Crippen molar-refractivity contribution in [1.82, 2.24) is 0 Å². The van der Waals surface area contributed by atoms with E-state index in [2.05, 4.69) is 13.8 Å². The minimum atomic E-state index is 0. The summed E-state index contributed by atoms with van der Waals surface area (Å²) in [6.45, 7) is 13.8. The van der Waals surface area contributed by atoms with Gasteiger partial charge >= 0.3 is 0 Å². The van der Waals surface area contributed by atoms with Gasteiger partial charge in [0.05, 0.1) is 12.2 Å². The minimum Gasteiger partial charge on any atom is -0.343 e. The number of unbranched alkanes of at least 4 members (excludes halogenated alkanes) is 7. The SMILES string of the molecule is CC(C)OOC(C)C.[CH2-]CCCCCCCCC.[Ti]. The average Bonchev–Trinajstić information content (AvgIpc) is 2.32. The molecule has 0 unspecified atom stereocenters. The molecule has 0 aromatic rings. The van der Waals surface area contributed by atoms with Gasteiger partial charge in [-0.3, -0.25) is 0 Å². The van der Waals surface area contributed by atoms with Gasteiger partial charge < -0.3 is 6.92 Å². The summed E-state index contributed by atoms with van der Waals surface area (Å²) in [6.07, 6.45) is 11.2. The molecule has 0 atom stereocenters. The van der Waals surface area contributed by atoms with E-state index in [4.69, 9.17) is 9.78 Å². The van der Waals surface area contributed by atoms with Crippen molar-refractivity contribution in [3.05, 3.63) is 6.92 Å². The Labute approximate surface area is 136 Å². The van der Waals surface area contributed by atoms with E-state index >= 15 is 0 Å². The molecule has 0 aliphatic carbocycles. The zero-order valence-corrected chi connectivity index (χ0v) is 15.4. The van der Waals surface area contributed by atoms with Crippen LogP contribution in [0.25, 0.3) is 0 Å². The third-order valence-electron chi connectivity index (χ3n) is 2.29.